The van der Waals surface area contributed by atoms with E-state index in [1.807, 2.05) is 0 Å². The van der Waals surface area contributed by atoms with Crippen molar-refractivity contribution in [2.24, 2.45) is 0 Å². The molecule has 2 aromatic rings. The number of ether oxygens (including phenoxy) is 2. The number of benzene rings is 2. The molecule has 2 aromatic carbocycles. The van der Waals surface area contributed by atoms with Crippen LogP contribution in [0.5, 0.6) is 5.75 Å². The number of halogens is 2. The molecule has 2 rings (SSSR count). The largest absolute Gasteiger partial charge is 0.494 e. The van der Waals surface area contributed by atoms with Gasteiger partial charge in [0.1, 0.15) is 11.6 Å². The van der Waals surface area contributed by atoms with Gasteiger partial charge in [-0.15, -0.1) is 11.8 Å². The van der Waals surface area contributed by atoms with Crippen molar-refractivity contribution in [1.82, 2.24) is 0 Å². The predicted octanol–water partition coefficient (Wildman–Crippen LogP) is 6.38. The molecule has 0 saturated heterocycles. The van der Waals surface area contributed by atoms with Crippen molar-refractivity contribution in [3.63, 3.8) is 0 Å². The van der Waals surface area contributed by atoms with Gasteiger partial charge in [-0.25, -0.2) is 4.39 Å². The van der Waals surface area contributed by atoms with Crippen LogP contribution < -0.4 is 4.74 Å². The molecular formula is C22H24F2O4S2. The molecule has 0 aliphatic rings. The third-order valence-electron chi connectivity index (χ3n) is 4.04. The SMILES string of the molecule is O=C(CCCCOc1ccc(SF)cc1)OC(=O)CCCCSc1ccc(F)cc1. The molecule has 0 aromatic heterocycles. The smallest absolute Gasteiger partial charge is 0.313 e. The monoisotopic (exact) mass is 454 g/mol. The van der Waals surface area contributed by atoms with E-state index in [1.165, 1.54) is 12.1 Å². The molecule has 0 N–H and O–H groups in total. The van der Waals surface area contributed by atoms with E-state index < -0.39 is 11.9 Å². The molecule has 0 saturated carbocycles. The number of esters is 2. The fraction of sp³-hybridized carbons (Fsp3) is 0.364. The highest BCUT2D eigenvalue weighted by molar-refractivity contribution is 7.99. The van der Waals surface area contributed by atoms with Crippen molar-refractivity contribution < 1.29 is 27.3 Å². The lowest BCUT2D eigenvalue weighted by Gasteiger charge is -2.06. The summed E-state index contributed by atoms with van der Waals surface area (Å²) in [5, 5.41) is 0. The summed E-state index contributed by atoms with van der Waals surface area (Å²) in [6, 6.07) is 12.9. The van der Waals surface area contributed by atoms with Gasteiger partial charge in [0.15, 0.2) is 0 Å². The van der Waals surface area contributed by atoms with E-state index in [0.29, 0.717) is 36.5 Å². The molecule has 0 fully saturated rings. The zero-order valence-electron chi connectivity index (χ0n) is 16.5. The number of unbranched alkanes of at least 4 members (excludes halogenated alkanes) is 2. The first-order valence-electron chi connectivity index (χ1n) is 9.70. The topological polar surface area (TPSA) is 52.6 Å². The number of hydrogen-bond donors (Lipinski definition) is 0. The van der Waals surface area contributed by atoms with Gasteiger partial charge in [0, 0.05) is 22.6 Å². The van der Waals surface area contributed by atoms with Gasteiger partial charge in [-0.1, -0.05) is 0 Å². The fourth-order valence-electron chi connectivity index (χ4n) is 2.47. The highest BCUT2D eigenvalue weighted by atomic mass is 32.2. The average Bonchev–Trinajstić information content (AvgIpc) is 2.75. The van der Waals surface area contributed by atoms with E-state index in [9.17, 15) is 17.9 Å². The van der Waals surface area contributed by atoms with Crippen LogP contribution in [0, 0.1) is 5.82 Å². The minimum absolute atomic E-state index is 0.160. The Labute approximate surface area is 184 Å². The summed E-state index contributed by atoms with van der Waals surface area (Å²) in [5.41, 5.74) is 0. The standard InChI is InChI=1S/C22H24F2O4S2/c23-17-7-11-19(12-8-17)29-16-4-2-6-22(26)28-21(25)5-1-3-15-27-18-9-13-20(30-24)14-10-18/h7-14H,1-6,15-16H2. The van der Waals surface area contributed by atoms with E-state index in [-0.39, 0.29) is 30.8 Å². The molecule has 162 valence electrons. The van der Waals surface area contributed by atoms with Gasteiger partial charge in [-0.05, 0) is 80.0 Å². The third kappa shape index (κ3) is 10.1. The number of carbonyl (C=O) groups is 2. The van der Waals surface area contributed by atoms with Crippen LogP contribution in [0.2, 0.25) is 0 Å². The molecular weight excluding hydrogens is 430 g/mol. The highest BCUT2D eigenvalue weighted by Crippen LogP contribution is 2.22. The summed E-state index contributed by atoms with van der Waals surface area (Å²) in [7, 11) is 0. The zero-order chi connectivity index (χ0) is 21.6. The molecule has 0 heterocycles. The van der Waals surface area contributed by atoms with E-state index in [4.69, 9.17) is 9.47 Å². The first-order valence-corrected chi connectivity index (χ1v) is 11.4. The lowest BCUT2D eigenvalue weighted by Crippen LogP contribution is -2.12. The van der Waals surface area contributed by atoms with Crippen LogP contribution in [0.15, 0.2) is 58.3 Å². The van der Waals surface area contributed by atoms with Gasteiger partial charge in [0.25, 0.3) is 0 Å². The molecule has 0 bridgehead atoms. The maximum atomic E-state index is 12.8. The lowest BCUT2D eigenvalue weighted by atomic mass is 10.2. The third-order valence-corrected chi connectivity index (χ3v) is 5.59. The Morgan fingerprint density at radius 3 is 2.03 bits per heavy atom. The number of hydrogen-bond acceptors (Lipinski definition) is 6. The Morgan fingerprint density at radius 2 is 1.40 bits per heavy atom. The van der Waals surface area contributed by atoms with Crippen LogP contribution >= 0.6 is 23.9 Å². The molecule has 8 heteroatoms. The molecule has 0 atom stereocenters. The summed E-state index contributed by atoms with van der Waals surface area (Å²) in [5.74, 6) is 0.160. The van der Waals surface area contributed by atoms with E-state index >= 15 is 0 Å². The van der Waals surface area contributed by atoms with Gasteiger partial charge in [0.2, 0.25) is 0 Å². The Kier molecular flexibility index (Phi) is 11.3. The van der Waals surface area contributed by atoms with Crippen LogP contribution in [0.1, 0.15) is 38.5 Å². The second-order valence-corrected chi connectivity index (χ2v) is 8.25. The maximum Gasteiger partial charge on any atom is 0.313 e. The van der Waals surface area contributed by atoms with Crippen LogP contribution in [0.3, 0.4) is 0 Å². The van der Waals surface area contributed by atoms with Crippen LogP contribution in [0.25, 0.3) is 0 Å². The van der Waals surface area contributed by atoms with Crippen LogP contribution in [-0.2, 0) is 14.3 Å². The lowest BCUT2D eigenvalue weighted by molar-refractivity contribution is -0.159. The van der Waals surface area contributed by atoms with Gasteiger partial charge >= 0.3 is 11.9 Å². The van der Waals surface area contributed by atoms with E-state index in [0.717, 1.165) is 17.1 Å². The van der Waals surface area contributed by atoms with Crippen LogP contribution in [0.4, 0.5) is 8.28 Å². The van der Waals surface area contributed by atoms with Gasteiger partial charge in [0.05, 0.1) is 18.8 Å². The van der Waals surface area contributed by atoms with Gasteiger partial charge in [-0.2, -0.15) is 3.89 Å². The average molecular weight is 455 g/mol. The Balaban J connectivity index is 1.46. The van der Waals surface area contributed by atoms with Gasteiger partial charge in [-0.3, -0.25) is 9.59 Å². The molecule has 4 nitrogen and oxygen atoms in total. The number of rotatable bonds is 13. The van der Waals surface area contributed by atoms with Crippen molar-refractivity contribution >= 4 is 35.8 Å². The van der Waals surface area contributed by atoms with Crippen molar-refractivity contribution in [2.45, 2.75) is 48.3 Å². The summed E-state index contributed by atoms with van der Waals surface area (Å²) in [6.45, 7) is 0.426. The quantitative estimate of drug-likeness (QED) is 0.151. The summed E-state index contributed by atoms with van der Waals surface area (Å²) < 4.78 is 35.5. The Hall–Kier alpha value is -2.06. The first-order chi connectivity index (χ1) is 14.6. The minimum atomic E-state index is -0.523. The van der Waals surface area contributed by atoms with Gasteiger partial charge < -0.3 is 9.47 Å². The molecule has 0 unspecified atom stereocenters. The molecule has 0 aliphatic heterocycles. The normalized spacial score (nSPS) is 10.6. The Morgan fingerprint density at radius 1 is 0.800 bits per heavy atom. The summed E-state index contributed by atoms with van der Waals surface area (Å²) in [6.07, 6.45) is 2.99. The Bertz CT molecular complexity index is 783. The molecule has 30 heavy (non-hydrogen) atoms. The zero-order valence-corrected chi connectivity index (χ0v) is 18.1. The molecule has 0 radical (unpaired) electrons. The molecule has 0 spiro atoms. The second-order valence-electron chi connectivity index (χ2n) is 6.46. The molecule has 0 aliphatic carbocycles. The summed E-state index contributed by atoms with van der Waals surface area (Å²) in [4.78, 5) is 24.9. The first kappa shape index (κ1) is 24.2. The fourth-order valence-corrected chi connectivity index (χ4v) is 3.62. The highest BCUT2D eigenvalue weighted by Gasteiger charge is 2.10. The molecule has 0 amide bonds. The van der Waals surface area contributed by atoms with Crippen molar-refractivity contribution in [3.8, 4) is 5.75 Å². The van der Waals surface area contributed by atoms with Crippen molar-refractivity contribution in [3.05, 3.63) is 54.3 Å². The predicted molar refractivity (Wildman–Crippen MR) is 115 cm³/mol. The van der Waals surface area contributed by atoms with Crippen molar-refractivity contribution in [2.75, 3.05) is 12.4 Å². The maximum absolute atomic E-state index is 12.8. The number of carbonyl (C=O) groups excluding carboxylic acids is 2. The van der Waals surface area contributed by atoms with E-state index in [1.54, 1.807) is 48.2 Å². The van der Waals surface area contributed by atoms with E-state index in [2.05, 4.69) is 0 Å². The summed E-state index contributed by atoms with van der Waals surface area (Å²) >= 11 is 1.77. The second kappa shape index (κ2) is 14.0. The van der Waals surface area contributed by atoms with Crippen LogP contribution in [-0.4, -0.2) is 24.3 Å². The number of thioether (sulfide) groups is 1. The van der Waals surface area contributed by atoms with Crippen molar-refractivity contribution in [1.29, 1.82) is 0 Å². The minimum Gasteiger partial charge on any atom is -0.494 e.